The molecule has 0 aromatic carbocycles. The number of alkyl halides is 3. The monoisotopic (exact) mass is 337 g/mol. The topological polar surface area (TPSA) is 90.9 Å². The van der Waals surface area contributed by atoms with Crippen molar-refractivity contribution in [1.82, 2.24) is 15.8 Å². The molecule has 1 fully saturated rings. The van der Waals surface area contributed by atoms with Crippen LogP contribution in [0.1, 0.15) is 19.8 Å². The van der Waals surface area contributed by atoms with E-state index < -0.39 is 36.1 Å². The molecule has 1 unspecified atom stereocenters. The number of hydrazine groups is 1. The molecule has 23 heavy (non-hydrogen) atoms. The van der Waals surface area contributed by atoms with Gasteiger partial charge in [0.05, 0.1) is 18.6 Å². The van der Waals surface area contributed by atoms with Crippen molar-refractivity contribution >= 4 is 11.9 Å². The third-order valence-corrected chi connectivity index (χ3v) is 3.69. The average Bonchev–Trinajstić information content (AvgIpc) is 2.34. The number of carbonyl (C=O) groups is 2. The zero-order valence-electron chi connectivity index (χ0n) is 12.3. The molecular weight excluding hydrogens is 319 g/mol. The van der Waals surface area contributed by atoms with Crippen LogP contribution in [0.2, 0.25) is 0 Å². The molecule has 0 saturated heterocycles. The summed E-state index contributed by atoms with van der Waals surface area (Å²) in [6.45, 7) is 1.72. The molecule has 1 aliphatic heterocycles. The molecule has 2 atom stereocenters. The molecule has 0 aromatic rings. The first-order valence-electron chi connectivity index (χ1n) is 7.11. The maximum Gasteiger partial charge on any atom is 0.419 e. The molecular formula is C13H18F3N3O4. The molecule has 7 nitrogen and oxygen atoms in total. The number of nitrogens with zero attached hydrogens (tertiary/aromatic N) is 1. The number of carboxylic acid groups (broad SMARTS) is 1. The van der Waals surface area contributed by atoms with Crippen molar-refractivity contribution in [2.75, 3.05) is 6.61 Å². The molecule has 130 valence electrons. The summed E-state index contributed by atoms with van der Waals surface area (Å²) in [5.74, 6) is -2.44. The molecule has 2 rings (SSSR count). The van der Waals surface area contributed by atoms with Crippen LogP contribution in [0.15, 0.2) is 12.4 Å². The molecule has 0 radical (unpaired) electrons. The van der Waals surface area contributed by atoms with E-state index in [0.29, 0.717) is 17.9 Å². The third kappa shape index (κ3) is 4.35. The summed E-state index contributed by atoms with van der Waals surface area (Å²) in [4.78, 5) is 22.1. The van der Waals surface area contributed by atoms with E-state index in [0.717, 1.165) is 12.4 Å². The Labute approximate surface area is 130 Å². The van der Waals surface area contributed by atoms with Gasteiger partial charge in [0.2, 0.25) is 6.04 Å². The van der Waals surface area contributed by atoms with Gasteiger partial charge in [-0.2, -0.15) is 13.2 Å². The minimum Gasteiger partial charge on any atom is -0.481 e. The first-order valence-corrected chi connectivity index (χ1v) is 7.11. The molecule has 1 amide bonds. The van der Waals surface area contributed by atoms with Crippen molar-refractivity contribution in [2.45, 2.75) is 44.1 Å². The molecule has 1 saturated carbocycles. The molecule has 10 heteroatoms. The minimum atomic E-state index is -4.72. The Kier molecular flexibility index (Phi) is 5.15. The highest BCUT2D eigenvalue weighted by Gasteiger charge is 2.49. The van der Waals surface area contributed by atoms with Crippen LogP contribution in [0.5, 0.6) is 0 Å². The number of amides is 1. The SMILES string of the molecule is C[C@@H](COC1CC(C(=O)O)C1)NN1C=CNC(=O)C1C(F)(F)F. The van der Waals surface area contributed by atoms with Crippen LogP contribution < -0.4 is 10.7 Å². The van der Waals surface area contributed by atoms with Gasteiger partial charge in [-0.1, -0.05) is 0 Å². The Bertz CT molecular complexity index is 491. The molecule has 0 spiro atoms. The minimum absolute atomic E-state index is 0.105. The molecule has 0 bridgehead atoms. The number of carbonyl (C=O) groups excluding carboxylic acids is 1. The number of hydrogen-bond acceptors (Lipinski definition) is 5. The van der Waals surface area contributed by atoms with Gasteiger partial charge in [-0.25, -0.2) is 5.43 Å². The summed E-state index contributed by atoms with van der Waals surface area (Å²) in [7, 11) is 0. The van der Waals surface area contributed by atoms with Crippen molar-refractivity contribution < 1.29 is 32.6 Å². The van der Waals surface area contributed by atoms with E-state index in [2.05, 4.69) is 5.43 Å². The number of carboxylic acids is 1. The number of aliphatic carboxylic acids is 1. The van der Waals surface area contributed by atoms with Gasteiger partial charge in [-0.3, -0.25) is 14.6 Å². The third-order valence-electron chi connectivity index (χ3n) is 3.69. The van der Waals surface area contributed by atoms with Gasteiger partial charge >= 0.3 is 12.1 Å². The lowest BCUT2D eigenvalue weighted by Crippen LogP contribution is -2.61. The van der Waals surface area contributed by atoms with Crippen LogP contribution >= 0.6 is 0 Å². The lowest BCUT2D eigenvalue weighted by molar-refractivity contribution is -0.192. The van der Waals surface area contributed by atoms with Crippen molar-refractivity contribution in [2.24, 2.45) is 5.92 Å². The first kappa shape index (κ1) is 17.5. The average molecular weight is 337 g/mol. The lowest BCUT2D eigenvalue weighted by Gasteiger charge is -2.37. The summed E-state index contributed by atoms with van der Waals surface area (Å²) in [5, 5.41) is 11.5. The Morgan fingerprint density at radius 2 is 2.22 bits per heavy atom. The fraction of sp³-hybridized carbons (Fsp3) is 0.692. The maximum absolute atomic E-state index is 12.9. The standard InChI is InChI=1S/C13H18F3N3O4/c1-7(6-23-9-4-8(5-9)12(21)22)18-19-3-2-17-11(20)10(19)13(14,15)16/h2-3,7-10,18H,4-6H2,1H3,(H,17,20)(H,21,22)/t7-,8?,9?,10?/m0/s1. The van der Waals surface area contributed by atoms with Gasteiger partial charge < -0.3 is 15.2 Å². The number of rotatable bonds is 6. The van der Waals surface area contributed by atoms with Crippen LogP contribution in [-0.4, -0.2) is 53.0 Å². The Morgan fingerprint density at radius 1 is 1.57 bits per heavy atom. The summed E-state index contributed by atoms with van der Waals surface area (Å²) in [6, 6.07) is -2.80. The van der Waals surface area contributed by atoms with Crippen LogP contribution in [-0.2, 0) is 14.3 Å². The highest BCUT2D eigenvalue weighted by Crippen LogP contribution is 2.30. The van der Waals surface area contributed by atoms with E-state index in [4.69, 9.17) is 9.84 Å². The summed E-state index contributed by atoms with van der Waals surface area (Å²) in [5.41, 5.74) is 2.57. The molecule has 3 N–H and O–H groups in total. The van der Waals surface area contributed by atoms with Gasteiger partial charge in [0.1, 0.15) is 0 Å². The zero-order chi connectivity index (χ0) is 17.2. The van der Waals surface area contributed by atoms with Gasteiger partial charge in [0, 0.05) is 18.4 Å². The second-order valence-corrected chi connectivity index (χ2v) is 5.67. The zero-order valence-corrected chi connectivity index (χ0v) is 12.3. The van der Waals surface area contributed by atoms with E-state index >= 15 is 0 Å². The molecule has 1 aliphatic carbocycles. The predicted octanol–water partition coefficient (Wildman–Crippen LogP) is 0.593. The van der Waals surface area contributed by atoms with Crippen molar-refractivity contribution in [1.29, 1.82) is 0 Å². The number of nitrogens with one attached hydrogen (secondary N) is 2. The summed E-state index contributed by atoms with van der Waals surface area (Å²) >= 11 is 0. The van der Waals surface area contributed by atoms with Crippen molar-refractivity contribution in [3.05, 3.63) is 12.4 Å². The van der Waals surface area contributed by atoms with Gasteiger partial charge in [-0.05, 0) is 19.8 Å². The van der Waals surface area contributed by atoms with Crippen molar-refractivity contribution in [3.8, 4) is 0 Å². The van der Waals surface area contributed by atoms with E-state index in [-0.39, 0.29) is 12.7 Å². The molecule has 0 aromatic heterocycles. The van der Waals surface area contributed by atoms with E-state index in [1.165, 1.54) is 0 Å². The van der Waals surface area contributed by atoms with Crippen LogP contribution in [0.3, 0.4) is 0 Å². The molecule has 2 aliphatic rings. The maximum atomic E-state index is 12.9. The Balaban J connectivity index is 1.81. The van der Waals surface area contributed by atoms with Gasteiger partial charge in [0.25, 0.3) is 5.91 Å². The van der Waals surface area contributed by atoms with Crippen LogP contribution in [0.25, 0.3) is 0 Å². The van der Waals surface area contributed by atoms with E-state index in [1.54, 1.807) is 6.92 Å². The summed E-state index contributed by atoms with van der Waals surface area (Å²) < 4.78 is 44.2. The predicted molar refractivity (Wildman–Crippen MR) is 71.7 cm³/mol. The smallest absolute Gasteiger partial charge is 0.419 e. The van der Waals surface area contributed by atoms with Crippen LogP contribution in [0.4, 0.5) is 13.2 Å². The quantitative estimate of drug-likeness (QED) is 0.657. The normalized spacial score (nSPS) is 29.0. The Hall–Kier alpha value is -1.81. The number of hydrogen-bond donors (Lipinski definition) is 3. The van der Waals surface area contributed by atoms with E-state index in [1.807, 2.05) is 5.32 Å². The second-order valence-electron chi connectivity index (χ2n) is 5.67. The van der Waals surface area contributed by atoms with Crippen LogP contribution in [0, 0.1) is 5.92 Å². The lowest BCUT2D eigenvalue weighted by atomic mass is 9.82. The fourth-order valence-electron chi connectivity index (χ4n) is 2.39. The Morgan fingerprint density at radius 3 is 2.78 bits per heavy atom. The largest absolute Gasteiger partial charge is 0.481 e. The summed E-state index contributed by atoms with van der Waals surface area (Å²) in [6.07, 6.45) is -1.89. The van der Waals surface area contributed by atoms with Gasteiger partial charge in [0.15, 0.2) is 0 Å². The molecule has 1 heterocycles. The fourth-order valence-corrected chi connectivity index (χ4v) is 2.39. The van der Waals surface area contributed by atoms with Gasteiger partial charge in [-0.15, -0.1) is 0 Å². The van der Waals surface area contributed by atoms with Crippen molar-refractivity contribution in [3.63, 3.8) is 0 Å². The highest BCUT2D eigenvalue weighted by atomic mass is 19.4. The number of ether oxygens (including phenoxy) is 1. The number of halogens is 3. The highest BCUT2D eigenvalue weighted by molar-refractivity contribution is 5.84. The van der Waals surface area contributed by atoms with E-state index in [9.17, 15) is 22.8 Å². The second kappa shape index (κ2) is 6.75. The first-order chi connectivity index (χ1) is 10.7.